The summed E-state index contributed by atoms with van der Waals surface area (Å²) in [6.45, 7) is 4.17. The van der Waals surface area contributed by atoms with Gasteiger partial charge in [-0.25, -0.2) is 4.98 Å². The Labute approximate surface area is 169 Å². The second-order valence-corrected chi connectivity index (χ2v) is 7.43. The van der Waals surface area contributed by atoms with Crippen LogP contribution in [0.5, 0.6) is 11.5 Å². The summed E-state index contributed by atoms with van der Waals surface area (Å²) in [6, 6.07) is 11.9. The maximum Gasteiger partial charge on any atom is 0.226 e. The number of nitrogens with zero attached hydrogens (tertiary/aromatic N) is 1. The molecule has 3 rings (SSSR count). The zero-order chi connectivity index (χ0) is 20.1. The third-order valence-electron chi connectivity index (χ3n) is 4.64. The molecule has 0 aliphatic heterocycles. The Balaban J connectivity index is 1.60. The van der Waals surface area contributed by atoms with Crippen molar-refractivity contribution in [3.63, 3.8) is 0 Å². The van der Waals surface area contributed by atoms with E-state index >= 15 is 0 Å². The summed E-state index contributed by atoms with van der Waals surface area (Å²) in [6.07, 6.45) is 0.982. The number of ether oxygens (including phenoxy) is 2. The number of benzene rings is 2. The zero-order valence-corrected chi connectivity index (χ0v) is 17.4. The van der Waals surface area contributed by atoms with Gasteiger partial charge >= 0.3 is 0 Å². The predicted molar refractivity (Wildman–Crippen MR) is 114 cm³/mol. The zero-order valence-electron chi connectivity index (χ0n) is 16.5. The first kappa shape index (κ1) is 19.9. The van der Waals surface area contributed by atoms with E-state index in [0.29, 0.717) is 29.5 Å². The number of anilines is 1. The van der Waals surface area contributed by atoms with Gasteiger partial charge in [-0.3, -0.25) is 4.79 Å². The summed E-state index contributed by atoms with van der Waals surface area (Å²) in [7, 11) is 3.20. The maximum absolute atomic E-state index is 12.3. The standard InChI is InChI=1S/C22H24N2O3S/c1-14-5-8-17(11-15(14)2)18-13-28-22(23-18)24-21(25)10-7-16-6-9-19(26-3)20(12-16)27-4/h5-6,8-9,11-13H,7,10H2,1-4H3,(H,23,24,25). The second-order valence-electron chi connectivity index (χ2n) is 6.57. The number of aromatic nitrogens is 1. The largest absolute Gasteiger partial charge is 0.493 e. The lowest BCUT2D eigenvalue weighted by Crippen LogP contribution is -2.12. The number of methoxy groups -OCH3 is 2. The third kappa shape index (κ3) is 4.70. The highest BCUT2D eigenvalue weighted by atomic mass is 32.1. The van der Waals surface area contributed by atoms with Gasteiger partial charge in [-0.1, -0.05) is 18.2 Å². The van der Waals surface area contributed by atoms with Crippen LogP contribution >= 0.6 is 11.3 Å². The van der Waals surface area contributed by atoms with Gasteiger partial charge in [0.15, 0.2) is 16.6 Å². The van der Waals surface area contributed by atoms with Gasteiger partial charge in [0.05, 0.1) is 19.9 Å². The SMILES string of the molecule is COc1ccc(CCC(=O)Nc2nc(-c3ccc(C)c(C)c3)cs2)cc1OC. The molecule has 0 bridgehead atoms. The van der Waals surface area contributed by atoms with Crippen molar-refractivity contribution in [2.24, 2.45) is 0 Å². The summed E-state index contributed by atoms with van der Waals surface area (Å²) in [5, 5.41) is 5.47. The van der Waals surface area contributed by atoms with E-state index < -0.39 is 0 Å². The average molecular weight is 397 g/mol. The molecule has 6 heteroatoms. The van der Waals surface area contributed by atoms with Crippen molar-refractivity contribution in [1.29, 1.82) is 0 Å². The van der Waals surface area contributed by atoms with Crippen molar-refractivity contribution in [2.45, 2.75) is 26.7 Å². The van der Waals surface area contributed by atoms with Crippen molar-refractivity contribution < 1.29 is 14.3 Å². The average Bonchev–Trinajstić information content (AvgIpc) is 3.16. The number of rotatable bonds is 7. The van der Waals surface area contributed by atoms with Crippen LogP contribution in [-0.2, 0) is 11.2 Å². The molecular formula is C22H24N2O3S. The molecule has 0 fully saturated rings. The number of amides is 1. The normalized spacial score (nSPS) is 10.6. The minimum atomic E-state index is -0.0595. The van der Waals surface area contributed by atoms with Gasteiger partial charge in [0, 0.05) is 17.4 Å². The van der Waals surface area contributed by atoms with E-state index in [-0.39, 0.29) is 5.91 Å². The Hall–Kier alpha value is -2.86. The van der Waals surface area contributed by atoms with Crippen molar-refractivity contribution in [2.75, 3.05) is 19.5 Å². The first-order valence-corrected chi connectivity index (χ1v) is 9.92. The van der Waals surface area contributed by atoms with E-state index in [4.69, 9.17) is 9.47 Å². The molecule has 0 saturated carbocycles. The molecule has 2 aromatic carbocycles. The van der Waals surface area contributed by atoms with Crippen LogP contribution in [0.3, 0.4) is 0 Å². The second kappa shape index (κ2) is 8.89. The van der Waals surface area contributed by atoms with Crippen molar-refractivity contribution in [3.8, 4) is 22.8 Å². The molecule has 1 amide bonds. The predicted octanol–water partition coefficient (Wildman–Crippen LogP) is 5.02. The van der Waals surface area contributed by atoms with Crippen LogP contribution in [0.4, 0.5) is 5.13 Å². The summed E-state index contributed by atoms with van der Waals surface area (Å²) < 4.78 is 10.5. The van der Waals surface area contributed by atoms with Crippen molar-refractivity contribution >= 4 is 22.4 Å². The van der Waals surface area contributed by atoms with Crippen LogP contribution in [0.15, 0.2) is 41.8 Å². The molecule has 1 heterocycles. The van der Waals surface area contributed by atoms with Crippen LogP contribution in [0.25, 0.3) is 11.3 Å². The van der Waals surface area contributed by atoms with Crippen molar-refractivity contribution in [3.05, 3.63) is 58.5 Å². The Morgan fingerprint density at radius 1 is 1.04 bits per heavy atom. The molecule has 146 valence electrons. The molecule has 0 radical (unpaired) electrons. The quantitative estimate of drug-likeness (QED) is 0.609. The molecule has 0 unspecified atom stereocenters. The molecular weight excluding hydrogens is 372 g/mol. The van der Waals surface area contributed by atoms with E-state index in [9.17, 15) is 4.79 Å². The van der Waals surface area contributed by atoms with Gasteiger partial charge in [0.2, 0.25) is 5.91 Å². The fraction of sp³-hybridized carbons (Fsp3) is 0.273. The lowest BCUT2D eigenvalue weighted by Gasteiger charge is -2.09. The van der Waals surface area contributed by atoms with Gasteiger partial charge in [-0.15, -0.1) is 11.3 Å². The summed E-state index contributed by atoms with van der Waals surface area (Å²) in [4.78, 5) is 16.9. The topological polar surface area (TPSA) is 60.5 Å². The lowest BCUT2D eigenvalue weighted by molar-refractivity contribution is -0.116. The number of thiazole rings is 1. The molecule has 1 N–H and O–H groups in total. The Morgan fingerprint density at radius 3 is 2.54 bits per heavy atom. The minimum Gasteiger partial charge on any atom is -0.493 e. The van der Waals surface area contributed by atoms with Crippen LogP contribution in [0.1, 0.15) is 23.1 Å². The van der Waals surface area contributed by atoms with Crippen LogP contribution in [0, 0.1) is 13.8 Å². The number of nitrogens with one attached hydrogen (secondary N) is 1. The molecule has 0 atom stereocenters. The summed E-state index contributed by atoms with van der Waals surface area (Å²) in [5.74, 6) is 1.28. The fourth-order valence-corrected chi connectivity index (χ4v) is 3.58. The Morgan fingerprint density at radius 2 is 1.82 bits per heavy atom. The number of carbonyl (C=O) groups is 1. The van der Waals surface area contributed by atoms with Gasteiger partial charge in [-0.2, -0.15) is 0 Å². The summed E-state index contributed by atoms with van der Waals surface area (Å²) in [5.41, 5.74) is 5.44. The fourth-order valence-electron chi connectivity index (χ4n) is 2.84. The Bertz CT molecular complexity index is 982. The highest BCUT2D eigenvalue weighted by molar-refractivity contribution is 7.14. The van der Waals surface area contributed by atoms with E-state index in [2.05, 4.69) is 42.3 Å². The molecule has 1 aromatic heterocycles. The molecule has 0 aliphatic carbocycles. The molecule has 28 heavy (non-hydrogen) atoms. The van der Waals surface area contributed by atoms with E-state index in [1.54, 1.807) is 14.2 Å². The minimum absolute atomic E-state index is 0.0595. The highest BCUT2D eigenvalue weighted by Crippen LogP contribution is 2.29. The maximum atomic E-state index is 12.3. The van der Waals surface area contributed by atoms with Gasteiger partial charge in [0.25, 0.3) is 0 Å². The molecule has 0 aliphatic rings. The van der Waals surface area contributed by atoms with E-state index in [1.807, 2.05) is 23.6 Å². The smallest absolute Gasteiger partial charge is 0.226 e. The number of carbonyl (C=O) groups excluding carboxylic acids is 1. The van der Waals surface area contributed by atoms with Crippen molar-refractivity contribution in [1.82, 2.24) is 4.98 Å². The van der Waals surface area contributed by atoms with E-state index in [0.717, 1.165) is 16.8 Å². The molecule has 0 saturated heterocycles. The number of aryl methyl sites for hydroxylation is 3. The molecule has 5 nitrogen and oxygen atoms in total. The number of hydrogen-bond donors (Lipinski definition) is 1. The van der Waals surface area contributed by atoms with Gasteiger partial charge in [0.1, 0.15) is 0 Å². The number of hydrogen-bond acceptors (Lipinski definition) is 5. The van der Waals surface area contributed by atoms with E-state index in [1.165, 1.54) is 22.5 Å². The highest BCUT2D eigenvalue weighted by Gasteiger charge is 2.10. The first-order chi connectivity index (χ1) is 13.5. The third-order valence-corrected chi connectivity index (χ3v) is 5.40. The lowest BCUT2D eigenvalue weighted by atomic mass is 10.1. The van der Waals surface area contributed by atoms with Crippen LogP contribution < -0.4 is 14.8 Å². The monoisotopic (exact) mass is 396 g/mol. The molecule has 3 aromatic rings. The summed E-state index contributed by atoms with van der Waals surface area (Å²) >= 11 is 1.44. The molecule has 0 spiro atoms. The van der Waals surface area contributed by atoms with Crippen LogP contribution in [0.2, 0.25) is 0 Å². The first-order valence-electron chi connectivity index (χ1n) is 9.04. The van der Waals surface area contributed by atoms with Crippen LogP contribution in [-0.4, -0.2) is 25.1 Å². The Kier molecular flexibility index (Phi) is 6.31. The van der Waals surface area contributed by atoms with Gasteiger partial charge in [-0.05, 0) is 55.2 Å². The van der Waals surface area contributed by atoms with Gasteiger partial charge < -0.3 is 14.8 Å².